The molecular weight excluding hydrogens is 504 g/mol. The highest BCUT2D eigenvalue weighted by molar-refractivity contribution is 9.10. The van der Waals surface area contributed by atoms with Crippen molar-refractivity contribution in [1.29, 1.82) is 0 Å². The van der Waals surface area contributed by atoms with Crippen molar-refractivity contribution in [3.05, 3.63) is 82.3 Å². The highest BCUT2D eigenvalue weighted by atomic mass is 79.9. The Bertz CT molecular complexity index is 1160. The van der Waals surface area contributed by atoms with E-state index in [-0.39, 0.29) is 5.91 Å². The first kappa shape index (κ1) is 24.8. The van der Waals surface area contributed by atoms with Crippen LogP contribution in [0.5, 0.6) is 23.0 Å². The molecule has 1 N–H and O–H groups in total. The Morgan fingerprint density at radius 1 is 0.912 bits per heavy atom. The molecule has 0 saturated carbocycles. The van der Waals surface area contributed by atoms with Gasteiger partial charge in [-0.1, -0.05) is 15.9 Å². The molecule has 0 aliphatic heterocycles. The summed E-state index contributed by atoms with van der Waals surface area (Å²) < 4.78 is 22.3. The second-order valence-corrected chi connectivity index (χ2v) is 7.89. The van der Waals surface area contributed by atoms with E-state index in [1.54, 1.807) is 61.5 Å². The van der Waals surface area contributed by atoms with Crippen LogP contribution >= 0.6 is 15.9 Å². The fourth-order valence-corrected chi connectivity index (χ4v) is 3.05. The standard InChI is InChI=1S/C25H23BrN2O6/c1-16(33-20-11-7-19(26)8-12-20)24(29)28-27-15-17-4-9-21(10-5-17)34-25(30)18-6-13-22(31-2)23(14-18)32-3/h4-16H,1-3H3,(H,28,29)/b27-15-/t16-/m1/s1. The Morgan fingerprint density at radius 3 is 2.21 bits per heavy atom. The first-order valence-electron chi connectivity index (χ1n) is 10.2. The molecule has 0 aromatic heterocycles. The van der Waals surface area contributed by atoms with Gasteiger partial charge >= 0.3 is 5.97 Å². The average Bonchev–Trinajstić information content (AvgIpc) is 2.85. The Balaban J connectivity index is 1.52. The Hall–Kier alpha value is -3.85. The second-order valence-electron chi connectivity index (χ2n) is 6.98. The molecule has 3 aromatic rings. The van der Waals surface area contributed by atoms with Gasteiger partial charge in [-0.05, 0) is 79.2 Å². The molecule has 0 aliphatic rings. The summed E-state index contributed by atoms with van der Waals surface area (Å²) in [6.07, 6.45) is 0.751. The summed E-state index contributed by atoms with van der Waals surface area (Å²) in [7, 11) is 3.01. The number of hydrogen-bond acceptors (Lipinski definition) is 7. The van der Waals surface area contributed by atoms with Gasteiger partial charge in [0.25, 0.3) is 5.91 Å². The van der Waals surface area contributed by atoms with Crippen molar-refractivity contribution >= 4 is 34.0 Å². The summed E-state index contributed by atoms with van der Waals surface area (Å²) in [4.78, 5) is 24.6. The van der Waals surface area contributed by atoms with Crippen molar-refractivity contribution in [3.8, 4) is 23.0 Å². The molecule has 34 heavy (non-hydrogen) atoms. The fraction of sp³-hybridized carbons (Fsp3) is 0.160. The van der Waals surface area contributed by atoms with Gasteiger partial charge in [0.05, 0.1) is 26.0 Å². The number of halogens is 1. The van der Waals surface area contributed by atoms with Crippen molar-refractivity contribution in [2.75, 3.05) is 14.2 Å². The smallest absolute Gasteiger partial charge is 0.343 e. The molecule has 9 heteroatoms. The van der Waals surface area contributed by atoms with E-state index in [1.807, 2.05) is 12.1 Å². The second kappa shape index (κ2) is 11.9. The number of nitrogens with zero attached hydrogens (tertiary/aromatic N) is 1. The molecule has 0 unspecified atom stereocenters. The zero-order valence-electron chi connectivity index (χ0n) is 18.8. The minimum absolute atomic E-state index is 0.325. The molecule has 176 valence electrons. The number of nitrogens with one attached hydrogen (secondary N) is 1. The summed E-state index contributed by atoms with van der Waals surface area (Å²) in [6, 6.07) is 18.6. The van der Waals surface area contributed by atoms with Gasteiger partial charge in [-0.25, -0.2) is 10.2 Å². The number of carbonyl (C=O) groups is 2. The van der Waals surface area contributed by atoms with Crippen LogP contribution in [0.15, 0.2) is 76.3 Å². The zero-order valence-corrected chi connectivity index (χ0v) is 20.4. The summed E-state index contributed by atoms with van der Waals surface area (Å²) >= 11 is 3.35. The number of carbonyl (C=O) groups excluding carboxylic acids is 2. The summed E-state index contributed by atoms with van der Waals surface area (Å²) in [5, 5.41) is 3.95. The van der Waals surface area contributed by atoms with Crippen LogP contribution in [0.3, 0.4) is 0 Å². The lowest BCUT2D eigenvalue weighted by Gasteiger charge is -2.12. The van der Waals surface area contributed by atoms with Crippen molar-refractivity contribution in [3.63, 3.8) is 0 Å². The first-order valence-corrected chi connectivity index (χ1v) is 11.0. The van der Waals surface area contributed by atoms with Crippen molar-refractivity contribution in [2.45, 2.75) is 13.0 Å². The highest BCUT2D eigenvalue weighted by Crippen LogP contribution is 2.28. The van der Waals surface area contributed by atoms with E-state index in [4.69, 9.17) is 18.9 Å². The molecule has 0 fully saturated rings. The SMILES string of the molecule is COc1ccc(C(=O)Oc2ccc(/C=N\NC(=O)[C@@H](C)Oc3ccc(Br)cc3)cc2)cc1OC. The molecule has 0 heterocycles. The quantitative estimate of drug-likeness (QED) is 0.189. The number of hydrogen-bond donors (Lipinski definition) is 1. The lowest BCUT2D eigenvalue weighted by molar-refractivity contribution is -0.127. The van der Waals surface area contributed by atoms with Gasteiger partial charge in [0.15, 0.2) is 17.6 Å². The third-order valence-electron chi connectivity index (χ3n) is 4.59. The lowest BCUT2D eigenvalue weighted by Crippen LogP contribution is -2.33. The van der Waals surface area contributed by atoms with Crippen molar-refractivity contribution < 1.29 is 28.5 Å². The van der Waals surface area contributed by atoms with Crippen LogP contribution in [-0.2, 0) is 4.79 Å². The molecule has 0 radical (unpaired) electrons. The minimum atomic E-state index is -0.725. The minimum Gasteiger partial charge on any atom is -0.493 e. The van der Waals surface area contributed by atoms with Crippen LogP contribution in [-0.4, -0.2) is 38.4 Å². The molecule has 1 amide bonds. The number of hydrazone groups is 1. The Kier molecular flexibility index (Phi) is 8.64. The summed E-state index contributed by atoms with van der Waals surface area (Å²) in [5.41, 5.74) is 3.47. The molecule has 0 bridgehead atoms. The molecule has 0 aliphatic carbocycles. The van der Waals surface area contributed by atoms with Crippen LogP contribution in [0.25, 0.3) is 0 Å². The summed E-state index contributed by atoms with van der Waals surface area (Å²) in [6.45, 7) is 1.63. The van der Waals surface area contributed by atoms with Crippen LogP contribution in [0, 0.1) is 0 Å². The van der Waals surface area contributed by atoms with Crippen molar-refractivity contribution in [2.24, 2.45) is 5.10 Å². The third-order valence-corrected chi connectivity index (χ3v) is 5.12. The lowest BCUT2D eigenvalue weighted by atomic mass is 10.2. The number of rotatable bonds is 9. The van der Waals surface area contributed by atoms with Gasteiger partial charge in [0.2, 0.25) is 0 Å². The van der Waals surface area contributed by atoms with E-state index in [9.17, 15) is 9.59 Å². The number of ether oxygens (including phenoxy) is 4. The molecular formula is C25H23BrN2O6. The van der Waals surface area contributed by atoms with E-state index >= 15 is 0 Å². The van der Waals surface area contributed by atoms with E-state index in [0.29, 0.717) is 34.1 Å². The molecule has 0 saturated heterocycles. The maximum absolute atomic E-state index is 12.4. The van der Waals surface area contributed by atoms with Crippen LogP contribution in [0.1, 0.15) is 22.8 Å². The number of benzene rings is 3. The normalized spacial score (nSPS) is 11.5. The monoisotopic (exact) mass is 526 g/mol. The van der Waals surface area contributed by atoms with Gasteiger partial charge in [0, 0.05) is 4.47 Å². The number of esters is 1. The first-order chi connectivity index (χ1) is 16.4. The van der Waals surface area contributed by atoms with Gasteiger partial charge in [0.1, 0.15) is 11.5 Å². The average molecular weight is 527 g/mol. The summed E-state index contributed by atoms with van der Waals surface area (Å²) in [5.74, 6) is 0.964. The predicted molar refractivity (Wildman–Crippen MR) is 131 cm³/mol. The molecule has 0 spiro atoms. The van der Waals surface area contributed by atoms with Crippen LogP contribution < -0.4 is 24.4 Å². The zero-order chi connectivity index (χ0) is 24.5. The van der Waals surface area contributed by atoms with Crippen LogP contribution in [0.4, 0.5) is 0 Å². The van der Waals surface area contributed by atoms with E-state index in [2.05, 4.69) is 26.5 Å². The van der Waals surface area contributed by atoms with Crippen molar-refractivity contribution in [1.82, 2.24) is 5.43 Å². The maximum atomic E-state index is 12.4. The highest BCUT2D eigenvalue weighted by Gasteiger charge is 2.14. The van der Waals surface area contributed by atoms with Gasteiger partial charge < -0.3 is 18.9 Å². The molecule has 1 atom stereocenters. The van der Waals surface area contributed by atoms with E-state index < -0.39 is 12.1 Å². The van der Waals surface area contributed by atoms with E-state index in [1.165, 1.54) is 20.4 Å². The van der Waals surface area contributed by atoms with E-state index in [0.717, 1.165) is 4.47 Å². The molecule has 8 nitrogen and oxygen atoms in total. The number of amides is 1. The largest absolute Gasteiger partial charge is 0.493 e. The topological polar surface area (TPSA) is 95.5 Å². The molecule has 3 rings (SSSR count). The Labute approximate surface area is 205 Å². The van der Waals surface area contributed by atoms with Gasteiger partial charge in [-0.2, -0.15) is 5.10 Å². The van der Waals surface area contributed by atoms with Gasteiger partial charge in [-0.3, -0.25) is 4.79 Å². The fourth-order valence-electron chi connectivity index (χ4n) is 2.78. The Morgan fingerprint density at radius 2 is 1.56 bits per heavy atom. The number of methoxy groups -OCH3 is 2. The maximum Gasteiger partial charge on any atom is 0.343 e. The van der Waals surface area contributed by atoms with Gasteiger partial charge in [-0.15, -0.1) is 0 Å². The molecule has 3 aromatic carbocycles. The van der Waals surface area contributed by atoms with Crippen LogP contribution in [0.2, 0.25) is 0 Å². The third kappa shape index (κ3) is 6.82. The predicted octanol–water partition coefficient (Wildman–Crippen LogP) is 4.60.